The van der Waals surface area contributed by atoms with Crippen LogP contribution in [0.5, 0.6) is 0 Å². The van der Waals surface area contributed by atoms with Crippen LogP contribution in [0.15, 0.2) is 0 Å². The van der Waals surface area contributed by atoms with Crippen molar-refractivity contribution in [3.05, 3.63) is 10.6 Å². The molecule has 2 N–H and O–H groups in total. The van der Waals surface area contributed by atoms with Crippen LogP contribution in [0.25, 0.3) is 0 Å². The van der Waals surface area contributed by atoms with Crippen LogP contribution < -0.4 is 5.32 Å². The van der Waals surface area contributed by atoms with Gasteiger partial charge in [0.05, 0.1) is 0 Å². The van der Waals surface area contributed by atoms with Crippen LogP contribution in [-0.4, -0.2) is 59.0 Å². The Hall–Kier alpha value is -1.32. The summed E-state index contributed by atoms with van der Waals surface area (Å²) in [6, 6.07) is -1.48. The summed E-state index contributed by atoms with van der Waals surface area (Å²) in [6.07, 6.45) is 0. The lowest BCUT2D eigenvalue weighted by atomic mass is 9.96. The molecule has 2 aliphatic rings. The number of aromatic nitrogens is 3. The molecule has 2 saturated heterocycles. The van der Waals surface area contributed by atoms with Gasteiger partial charge in [0.15, 0.2) is 0 Å². The van der Waals surface area contributed by atoms with Crippen molar-refractivity contribution in [2.75, 3.05) is 5.32 Å². The largest absolute Gasteiger partial charge is 0.480 e. The maximum Gasteiger partial charge on any atom is 0.327 e. The predicted molar refractivity (Wildman–Crippen MR) is 81.0 cm³/mol. The third-order valence-electron chi connectivity index (χ3n) is 3.54. The predicted octanol–water partition coefficient (Wildman–Crippen LogP) is 1.11. The molecule has 2 aliphatic heterocycles. The lowest BCUT2D eigenvalue weighted by molar-refractivity contribution is -0.158. The Morgan fingerprint density at radius 3 is 2.45 bits per heavy atom. The average molecular weight is 364 g/mol. The second-order valence-corrected chi connectivity index (χ2v) is 7.86. The lowest BCUT2D eigenvalue weighted by Crippen LogP contribution is -2.68. The van der Waals surface area contributed by atoms with Gasteiger partial charge >= 0.3 is 5.97 Å². The second kappa shape index (κ2) is 5.10. The Morgan fingerprint density at radius 2 is 1.91 bits per heavy atom. The van der Waals surface area contributed by atoms with Gasteiger partial charge in [-0.25, -0.2) is 4.79 Å². The number of nitrogens with one attached hydrogen (secondary N) is 1. The van der Waals surface area contributed by atoms with E-state index in [1.807, 2.05) is 0 Å². The molecule has 2 fully saturated rings. The molecule has 3 atom stereocenters. The van der Waals surface area contributed by atoms with Crippen LogP contribution in [-0.2, 0) is 9.59 Å². The summed E-state index contributed by atoms with van der Waals surface area (Å²) in [5.74, 6) is -1.25. The molecule has 1 amide bonds. The Bertz CT molecular complexity index is 653. The van der Waals surface area contributed by atoms with Crippen molar-refractivity contribution in [1.82, 2.24) is 19.9 Å². The second-order valence-electron chi connectivity index (χ2n) is 5.42. The van der Waals surface area contributed by atoms with Crippen LogP contribution in [0, 0.1) is 0 Å². The first kappa shape index (κ1) is 15.6. The van der Waals surface area contributed by atoms with E-state index < -0.39 is 22.8 Å². The number of thioether (sulfide) groups is 1. The summed E-state index contributed by atoms with van der Waals surface area (Å²) < 4.78 is -0.586. The highest BCUT2D eigenvalue weighted by atomic mass is 35.5. The smallest absolute Gasteiger partial charge is 0.327 e. The molecule has 0 radical (unpaired) electrons. The molecule has 0 spiro atoms. The molecule has 8 nitrogen and oxygen atoms in total. The molecule has 3 rings (SSSR count). The molecule has 3 unspecified atom stereocenters. The fourth-order valence-electron chi connectivity index (χ4n) is 2.67. The van der Waals surface area contributed by atoms with Crippen molar-refractivity contribution >= 4 is 52.8 Å². The van der Waals surface area contributed by atoms with Crippen LogP contribution in [0.1, 0.15) is 13.8 Å². The van der Waals surface area contributed by atoms with Gasteiger partial charge in [-0.15, -0.1) is 11.8 Å². The van der Waals surface area contributed by atoms with Crippen LogP contribution >= 0.6 is 35.0 Å². The van der Waals surface area contributed by atoms with Crippen molar-refractivity contribution in [3.63, 3.8) is 0 Å². The first-order valence-electron chi connectivity index (χ1n) is 6.27. The SMILES string of the molecule is CC1(C)SC2C(Nc3nc(Cl)nc(Cl)n3)C(=O)N2C1C(=O)O. The Balaban J connectivity index is 1.82. The third kappa shape index (κ3) is 2.37. The van der Waals surface area contributed by atoms with Crippen molar-refractivity contribution in [2.24, 2.45) is 0 Å². The van der Waals surface area contributed by atoms with Gasteiger partial charge in [-0.1, -0.05) is 0 Å². The van der Waals surface area contributed by atoms with Crippen LogP contribution in [0.3, 0.4) is 0 Å². The molecule has 1 aromatic rings. The van der Waals surface area contributed by atoms with Crippen molar-refractivity contribution in [1.29, 1.82) is 0 Å². The summed E-state index contributed by atoms with van der Waals surface area (Å²) in [5.41, 5.74) is 0. The molecule has 0 saturated carbocycles. The fraction of sp³-hybridized carbons (Fsp3) is 0.545. The number of nitrogens with zero attached hydrogens (tertiary/aromatic N) is 4. The van der Waals surface area contributed by atoms with Gasteiger partial charge in [-0.2, -0.15) is 15.0 Å². The number of carboxylic acid groups (broad SMARTS) is 1. The normalized spacial score (nSPS) is 29.0. The van der Waals surface area contributed by atoms with E-state index in [9.17, 15) is 14.7 Å². The fourth-order valence-corrected chi connectivity index (χ4v) is 4.66. The minimum absolute atomic E-state index is 0.0835. The van der Waals surface area contributed by atoms with E-state index >= 15 is 0 Å². The number of carbonyl (C=O) groups excluding carboxylic acids is 1. The number of carboxylic acids is 1. The lowest BCUT2D eigenvalue weighted by Gasteiger charge is -2.43. The van der Waals surface area contributed by atoms with E-state index in [0.717, 1.165) is 0 Å². The quantitative estimate of drug-likeness (QED) is 0.768. The standard InChI is InChI=1S/C11H11Cl2N5O3S/c1-11(2)4(7(20)21)18-5(19)3(6(18)22-11)14-10-16-8(12)15-9(13)17-10/h3-4,6H,1-2H3,(H,20,21)(H,14,15,16,17). The number of hydrogen-bond donors (Lipinski definition) is 2. The molecule has 22 heavy (non-hydrogen) atoms. The van der Waals surface area contributed by atoms with Gasteiger partial charge in [0.25, 0.3) is 0 Å². The molecule has 0 bridgehead atoms. The number of carbonyl (C=O) groups is 2. The van der Waals surface area contributed by atoms with Gasteiger partial charge in [0.1, 0.15) is 17.5 Å². The first-order valence-corrected chi connectivity index (χ1v) is 7.90. The zero-order valence-corrected chi connectivity index (χ0v) is 13.8. The van der Waals surface area contributed by atoms with E-state index in [1.54, 1.807) is 13.8 Å². The zero-order valence-electron chi connectivity index (χ0n) is 11.4. The van der Waals surface area contributed by atoms with Crippen LogP contribution in [0.4, 0.5) is 5.95 Å². The maximum atomic E-state index is 12.3. The molecular formula is C11H11Cl2N5O3S. The summed E-state index contributed by atoms with van der Waals surface area (Å²) in [4.78, 5) is 36.4. The Morgan fingerprint density at radius 1 is 1.32 bits per heavy atom. The Labute approximate surface area is 139 Å². The molecule has 0 aliphatic carbocycles. The van der Waals surface area contributed by atoms with Gasteiger partial charge in [-0.3, -0.25) is 4.79 Å². The molecule has 1 aromatic heterocycles. The highest BCUT2D eigenvalue weighted by Crippen LogP contribution is 2.51. The van der Waals surface area contributed by atoms with Crippen molar-refractivity contribution < 1.29 is 14.7 Å². The highest BCUT2D eigenvalue weighted by molar-refractivity contribution is 8.01. The van der Waals surface area contributed by atoms with Crippen molar-refractivity contribution in [3.8, 4) is 0 Å². The first-order chi connectivity index (χ1) is 10.2. The van der Waals surface area contributed by atoms with E-state index in [2.05, 4.69) is 20.3 Å². The molecule has 11 heteroatoms. The van der Waals surface area contributed by atoms with Crippen molar-refractivity contribution in [2.45, 2.75) is 36.1 Å². The number of rotatable bonds is 3. The highest BCUT2D eigenvalue weighted by Gasteiger charge is 2.64. The molecular weight excluding hydrogens is 353 g/mol. The number of hydrogen-bond acceptors (Lipinski definition) is 7. The zero-order chi connectivity index (χ0) is 16.2. The number of halogens is 2. The topological polar surface area (TPSA) is 108 Å². The van der Waals surface area contributed by atoms with Crippen LogP contribution in [0.2, 0.25) is 10.6 Å². The summed E-state index contributed by atoms with van der Waals surface area (Å²) in [5, 5.41) is 11.7. The summed E-state index contributed by atoms with van der Waals surface area (Å²) in [6.45, 7) is 3.60. The number of β-lactam (4-membered cyclic amide) rings is 1. The monoisotopic (exact) mass is 363 g/mol. The van der Waals surface area contributed by atoms with E-state index in [4.69, 9.17) is 23.2 Å². The van der Waals surface area contributed by atoms with E-state index in [-0.39, 0.29) is 27.8 Å². The molecule has 118 valence electrons. The van der Waals surface area contributed by atoms with Gasteiger partial charge < -0.3 is 15.3 Å². The number of fused-ring (bicyclic) bond motifs is 1. The number of anilines is 1. The number of aliphatic carboxylic acids is 1. The molecule has 3 heterocycles. The minimum Gasteiger partial charge on any atom is -0.480 e. The number of amides is 1. The van der Waals surface area contributed by atoms with Gasteiger partial charge in [0, 0.05) is 4.75 Å². The summed E-state index contributed by atoms with van der Waals surface area (Å²) in [7, 11) is 0. The average Bonchev–Trinajstić information content (AvgIpc) is 2.63. The van der Waals surface area contributed by atoms with Gasteiger partial charge in [0.2, 0.25) is 22.4 Å². The van der Waals surface area contributed by atoms with E-state index in [1.165, 1.54) is 16.7 Å². The third-order valence-corrected chi connectivity index (χ3v) is 5.45. The van der Waals surface area contributed by atoms with E-state index in [0.29, 0.717) is 0 Å². The summed E-state index contributed by atoms with van der Waals surface area (Å²) >= 11 is 12.8. The van der Waals surface area contributed by atoms with Gasteiger partial charge in [-0.05, 0) is 37.0 Å². The molecule has 0 aromatic carbocycles. The minimum atomic E-state index is -1.02. The Kier molecular flexibility index (Phi) is 3.61. The maximum absolute atomic E-state index is 12.3.